The zero-order chi connectivity index (χ0) is 29.4. The number of carbonyl (C=O) groups excluding carboxylic acids is 2. The van der Waals surface area contributed by atoms with Gasteiger partial charge in [0.25, 0.3) is 5.91 Å². The molecule has 0 saturated carbocycles. The van der Waals surface area contributed by atoms with Crippen LogP contribution >= 0.6 is 23.2 Å². The lowest BCUT2D eigenvalue weighted by atomic mass is 10.00. The van der Waals surface area contributed by atoms with E-state index < -0.39 is 0 Å². The lowest BCUT2D eigenvalue weighted by Crippen LogP contribution is -2.45. The zero-order valence-electron chi connectivity index (χ0n) is 24.3. The summed E-state index contributed by atoms with van der Waals surface area (Å²) >= 11 is 12.4. The van der Waals surface area contributed by atoms with Crippen molar-refractivity contribution in [2.45, 2.75) is 51.6 Å². The van der Waals surface area contributed by atoms with Gasteiger partial charge in [-0.25, -0.2) is 4.79 Å². The number of rotatable bonds is 5. The van der Waals surface area contributed by atoms with E-state index in [1.165, 1.54) is 11.3 Å². The molecule has 1 aliphatic carbocycles. The number of hydrogen-bond acceptors (Lipinski definition) is 4. The number of pyridine rings is 1. The van der Waals surface area contributed by atoms with Crippen LogP contribution in [0.4, 0.5) is 16.2 Å². The van der Waals surface area contributed by atoms with Crippen LogP contribution in [0.2, 0.25) is 10.0 Å². The molecule has 5 rings (SSSR count). The van der Waals surface area contributed by atoms with Crippen molar-refractivity contribution in [1.82, 2.24) is 14.8 Å². The van der Waals surface area contributed by atoms with Gasteiger partial charge in [-0.15, -0.1) is 0 Å². The first-order chi connectivity index (χ1) is 19.5. The lowest BCUT2D eigenvalue weighted by molar-refractivity contribution is 0.0709. The third-order valence-electron chi connectivity index (χ3n) is 8.53. The minimum absolute atomic E-state index is 0.0199. The summed E-state index contributed by atoms with van der Waals surface area (Å²) in [7, 11) is 5.43. The summed E-state index contributed by atoms with van der Waals surface area (Å²) < 4.78 is 0. The van der Waals surface area contributed by atoms with Crippen LogP contribution in [0, 0.1) is 13.8 Å². The maximum atomic E-state index is 13.6. The number of aryl methyl sites for hydroxylation is 3. The maximum absolute atomic E-state index is 13.6. The molecule has 1 fully saturated rings. The number of hydrogen-bond donors (Lipinski definition) is 0. The number of fused-ring (bicyclic) bond motifs is 1. The van der Waals surface area contributed by atoms with Gasteiger partial charge in [-0.05, 0) is 93.1 Å². The summed E-state index contributed by atoms with van der Waals surface area (Å²) in [4.78, 5) is 39.2. The SMILES string of the molecule is Cc1cc(N2CCC(N(C)C(=O)c3ccc4c(c3)C(N(C)C(=O)N(C)c3ccc(Cl)cc3Cl)CC4)CC2)cc(C)n1. The molecule has 216 valence electrons. The first kappa shape index (κ1) is 29.2. The Balaban J connectivity index is 1.26. The Labute approximate surface area is 252 Å². The van der Waals surface area contributed by atoms with Gasteiger partial charge in [0.1, 0.15) is 0 Å². The third kappa shape index (κ3) is 6.02. The van der Waals surface area contributed by atoms with Gasteiger partial charge in [-0.2, -0.15) is 0 Å². The van der Waals surface area contributed by atoms with Crippen molar-refractivity contribution in [2.24, 2.45) is 0 Å². The van der Waals surface area contributed by atoms with Crippen LogP contribution in [0.1, 0.15) is 58.2 Å². The van der Waals surface area contributed by atoms with Gasteiger partial charge in [0.05, 0.1) is 16.8 Å². The lowest BCUT2D eigenvalue weighted by Gasteiger charge is -2.38. The van der Waals surface area contributed by atoms with E-state index in [0.29, 0.717) is 21.3 Å². The Morgan fingerprint density at radius 1 is 0.878 bits per heavy atom. The topological polar surface area (TPSA) is 60.0 Å². The summed E-state index contributed by atoms with van der Waals surface area (Å²) in [6.07, 6.45) is 3.49. The fraction of sp³-hybridized carbons (Fsp3) is 0.406. The molecule has 9 heteroatoms. The van der Waals surface area contributed by atoms with Gasteiger partial charge in [0.15, 0.2) is 0 Å². The van der Waals surface area contributed by atoms with Crippen LogP contribution < -0.4 is 9.80 Å². The highest BCUT2D eigenvalue weighted by Gasteiger charge is 2.33. The van der Waals surface area contributed by atoms with Crippen LogP contribution in [0.5, 0.6) is 0 Å². The number of piperidine rings is 1. The van der Waals surface area contributed by atoms with E-state index in [1.807, 2.05) is 51.0 Å². The summed E-state index contributed by atoms with van der Waals surface area (Å²) in [6, 6.07) is 15.2. The standard InChI is InChI=1S/C32H37Cl2N5O2/c1-20-16-26(17-21(2)35-20)39-14-12-25(13-15-39)36(3)31(40)23-7-6-22-8-10-29(27(22)18-23)37(4)32(41)38(5)30-11-9-24(33)19-28(30)34/h6-7,9,11,16-19,25,29H,8,10,12-15H2,1-5H3. The summed E-state index contributed by atoms with van der Waals surface area (Å²) in [5.41, 5.74) is 6.73. The number of benzene rings is 2. The number of aromatic nitrogens is 1. The highest BCUT2D eigenvalue weighted by atomic mass is 35.5. The first-order valence-corrected chi connectivity index (χ1v) is 14.8. The number of carbonyl (C=O) groups is 2. The van der Waals surface area contributed by atoms with Crippen molar-refractivity contribution in [3.63, 3.8) is 0 Å². The number of nitrogens with zero attached hydrogens (tertiary/aromatic N) is 5. The molecule has 7 nitrogen and oxygen atoms in total. The predicted molar refractivity (Wildman–Crippen MR) is 167 cm³/mol. The van der Waals surface area contributed by atoms with Crippen LogP contribution in [0.25, 0.3) is 0 Å². The molecule has 1 unspecified atom stereocenters. The Kier molecular flexibility index (Phi) is 8.48. The fourth-order valence-corrected chi connectivity index (χ4v) is 6.75. The molecule has 1 aromatic heterocycles. The molecule has 0 spiro atoms. The largest absolute Gasteiger partial charge is 0.371 e. The second-order valence-electron chi connectivity index (χ2n) is 11.3. The van der Waals surface area contributed by atoms with Gasteiger partial charge >= 0.3 is 6.03 Å². The van der Waals surface area contributed by atoms with Crippen LogP contribution in [0.15, 0.2) is 48.5 Å². The molecule has 0 N–H and O–H groups in total. The molecule has 0 radical (unpaired) electrons. The molecule has 1 saturated heterocycles. The number of amides is 3. The van der Waals surface area contributed by atoms with E-state index in [-0.39, 0.29) is 24.0 Å². The molecular weight excluding hydrogens is 557 g/mol. The van der Waals surface area contributed by atoms with Crippen molar-refractivity contribution in [2.75, 3.05) is 44.0 Å². The minimum Gasteiger partial charge on any atom is -0.371 e. The fourth-order valence-electron chi connectivity index (χ4n) is 6.22. The van der Waals surface area contributed by atoms with Crippen LogP contribution in [-0.2, 0) is 6.42 Å². The second-order valence-corrected chi connectivity index (χ2v) is 12.1. The molecule has 1 atom stereocenters. The molecular formula is C32H37Cl2N5O2. The molecule has 2 aliphatic rings. The van der Waals surface area contributed by atoms with Gasteiger partial charge in [0.2, 0.25) is 0 Å². The van der Waals surface area contributed by atoms with Gasteiger partial charge in [0, 0.05) is 67.9 Å². The van der Waals surface area contributed by atoms with Crippen molar-refractivity contribution in [3.8, 4) is 0 Å². The molecule has 3 aromatic rings. The van der Waals surface area contributed by atoms with Gasteiger partial charge in [-0.3, -0.25) is 14.7 Å². The average Bonchev–Trinajstić information content (AvgIpc) is 3.38. The van der Waals surface area contributed by atoms with E-state index in [0.717, 1.165) is 55.7 Å². The third-order valence-corrected chi connectivity index (χ3v) is 9.07. The number of urea groups is 1. The second kappa shape index (κ2) is 11.9. The van der Waals surface area contributed by atoms with Crippen molar-refractivity contribution >= 4 is 46.5 Å². The average molecular weight is 595 g/mol. The molecule has 2 aromatic carbocycles. The minimum atomic E-state index is -0.174. The number of anilines is 2. The Morgan fingerprint density at radius 2 is 1.56 bits per heavy atom. The van der Waals surface area contributed by atoms with E-state index >= 15 is 0 Å². The predicted octanol–water partition coefficient (Wildman–Crippen LogP) is 6.92. The molecule has 2 heterocycles. The summed E-state index contributed by atoms with van der Waals surface area (Å²) in [6.45, 7) is 5.85. The molecule has 1 aliphatic heterocycles. The molecule has 3 amide bonds. The first-order valence-electron chi connectivity index (χ1n) is 14.1. The zero-order valence-corrected chi connectivity index (χ0v) is 25.8. The van der Waals surface area contributed by atoms with Crippen molar-refractivity contribution in [3.05, 3.63) is 86.7 Å². The smallest absolute Gasteiger partial charge is 0.324 e. The normalized spacial score (nSPS) is 16.9. The van der Waals surface area contributed by atoms with E-state index in [1.54, 1.807) is 35.0 Å². The molecule has 0 bridgehead atoms. The Morgan fingerprint density at radius 3 is 2.22 bits per heavy atom. The van der Waals surface area contributed by atoms with E-state index in [4.69, 9.17) is 23.2 Å². The van der Waals surface area contributed by atoms with Crippen molar-refractivity contribution < 1.29 is 9.59 Å². The van der Waals surface area contributed by atoms with Gasteiger partial charge in [-0.1, -0.05) is 29.3 Å². The Hall–Kier alpha value is -3.29. The van der Waals surface area contributed by atoms with E-state index in [9.17, 15) is 9.59 Å². The van der Waals surface area contributed by atoms with Gasteiger partial charge < -0.3 is 14.7 Å². The highest BCUT2D eigenvalue weighted by molar-refractivity contribution is 6.36. The Bertz CT molecular complexity index is 1450. The van der Waals surface area contributed by atoms with Crippen LogP contribution in [0.3, 0.4) is 0 Å². The number of halogens is 2. The quantitative estimate of drug-likeness (QED) is 0.322. The summed E-state index contributed by atoms with van der Waals surface area (Å²) in [5.74, 6) is 0.0199. The maximum Gasteiger partial charge on any atom is 0.324 e. The van der Waals surface area contributed by atoms with Crippen molar-refractivity contribution in [1.29, 1.82) is 0 Å². The monoisotopic (exact) mass is 593 g/mol. The summed E-state index contributed by atoms with van der Waals surface area (Å²) in [5, 5.41) is 0.936. The highest BCUT2D eigenvalue weighted by Crippen LogP contribution is 2.37. The molecule has 41 heavy (non-hydrogen) atoms. The van der Waals surface area contributed by atoms with E-state index in [2.05, 4.69) is 22.0 Å². The van der Waals surface area contributed by atoms with Crippen LogP contribution in [-0.4, -0.2) is 67.0 Å².